The fourth-order valence-electron chi connectivity index (χ4n) is 5.18. The van der Waals surface area contributed by atoms with E-state index in [4.69, 9.17) is 23.7 Å². The number of amides is 2. The second-order valence-corrected chi connectivity index (χ2v) is 11.1. The summed E-state index contributed by atoms with van der Waals surface area (Å²) in [5.74, 6) is -1.56. The molecule has 2 amide bonds. The summed E-state index contributed by atoms with van der Waals surface area (Å²) in [5, 5.41) is 8.81. The first-order chi connectivity index (χ1) is 20.8. The molecule has 0 aliphatic carbocycles. The Hall–Kier alpha value is -3.79. The molecule has 43 heavy (non-hydrogen) atoms. The Morgan fingerprint density at radius 1 is 1.00 bits per heavy atom. The number of hydrogen-bond acceptors (Lipinski definition) is 8. The highest BCUT2D eigenvalue weighted by atomic mass is 16.6. The Labute approximate surface area is 252 Å². The quantitative estimate of drug-likeness (QED) is 0.136. The molecule has 9 heteroatoms. The molecule has 3 aromatic rings. The van der Waals surface area contributed by atoms with E-state index in [1.165, 1.54) is 0 Å². The topological polar surface area (TPSA) is 116 Å². The summed E-state index contributed by atoms with van der Waals surface area (Å²) in [6.07, 6.45) is 0.549. The number of aliphatic hydroxyl groups excluding tert-OH is 1. The number of carbonyl (C=O) groups is 3. The number of nitrogens with zero attached hydrogens (tertiary/aromatic N) is 1. The number of aliphatic hydroxyl groups is 1. The van der Waals surface area contributed by atoms with Gasteiger partial charge in [-0.15, -0.1) is 0 Å². The van der Waals surface area contributed by atoms with Crippen molar-refractivity contribution in [2.24, 2.45) is 11.8 Å². The maximum absolute atomic E-state index is 14.1. The first-order valence-corrected chi connectivity index (χ1v) is 14.8. The van der Waals surface area contributed by atoms with Crippen LogP contribution in [0.5, 0.6) is 0 Å². The molecule has 2 unspecified atom stereocenters. The van der Waals surface area contributed by atoms with Crippen molar-refractivity contribution in [3.8, 4) is 11.1 Å². The number of rotatable bonds is 16. The first-order valence-electron chi connectivity index (χ1n) is 14.8. The number of benzene rings is 2. The highest BCUT2D eigenvalue weighted by Gasteiger charge is 2.44. The number of cyclic esters (lactones) is 1. The maximum atomic E-state index is 14.1. The minimum absolute atomic E-state index is 0.0283. The van der Waals surface area contributed by atoms with E-state index in [0.717, 1.165) is 27.2 Å². The molecule has 0 spiro atoms. The summed E-state index contributed by atoms with van der Waals surface area (Å²) in [5.41, 5.74) is 3.55. The molecule has 0 bridgehead atoms. The fourth-order valence-corrected chi connectivity index (χ4v) is 5.18. The van der Waals surface area contributed by atoms with Gasteiger partial charge in [-0.3, -0.25) is 9.59 Å². The zero-order chi connectivity index (χ0) is 30.8. The molecule has 2 atom stereocenters. The normalized spacial score (nSPS) is 15.6. The third-order valence-corrected chi connectivity index (χ3v) is 7.49. The van der Waals surface area contributed by atoms with Crippen LogP contribution in [0, 0.1) is 18.8 Å². The molecule has 9 nitrogen and oxygen atoms in total. The van der Waals surface area contributed by atoms with Gasteiger partial charge in [-0.1, -0.05) is 74.0 Å². The Kier molecular flexibility index (Phi) is 11.7. The van der Waals surface area contributed by atoms with E-state index in [-0.39, 0.29) is 37.9 Å². The lowest BCUT2D eigenvalue weighted by Crippen LogP contribution is -2.47. The van der Waals surface area contributed by atoms with Gasteiger partial charge < -0.3 is 23.7 Å². The average Bonchev–Trinajstić information content (AvgIpc) is 3.61. The maximum Gasteiger partial charge on any atom is 0.417 e. The van der Waals surface area contributed by atoms with E-state index in [0.29, 0.717) is 38.4 Å². The Bertz CT molecular complexity index is 1370. The molecule has 1 aromatic heterocycles. The summed E-state index contributed by atoms with van der Waals surface area (Å²) in [7, 11) is 0. The fraction of sp³-hybridized carbons (Fsp3) is 0.441. The van der Waals surface area contributed by atoms with Gasteiger partial charge in [0.15, 0.2) is 5.76 Å². The van der Waals surface area contributed by atoms with E-state index < -0.39 is 29.7 Å². The molecule has 0 radical (unpaired) electrons. The second kappa shape index (κ2) is 15.6. The highest BCUT2D eigenvalue weighted by Crippen LogP contribution is 2.32. The van der Waals surface area contributed by atoms with Crippen molar-refractivity contribution in [2.45, 2.75) is 46.1 Å². The molecular formula is C34H41NO8. The lowest BCUT2D eigenvalue weighted by Gasteiger charge is -2.26. The zero-order valence-electron chi connectivity index (χ0n) is 25.1. The number of ketones is 1. The van der Waals surface area contributed by atoms with Crippen LogP contribution in [-0.2, 0) is 31.8 Å². The van der Waals surface area contributed by atoms with Gasteiger partial charge in [-0.2, -0.15) is 0 Å². The van der Waals surface area contributed by atoms with Crippen LogP contribution in [0.2, 0.25) is 0 Å². The van der Waals surface area contributed by atoms with Crippen molar-refractivity contribution >= 4 is 17.8 Å². The van der Waals surface area contributed by atoms with E-state index in [1.807, 2.05) is 75.4 Å². The molecule has 4 rings (SSSR count). The third kappa shape index (κ3) is 8.40. The molecule has 1 aliphatic rings. The smallest absolute Gasteiger partial charge is 0.417 e. The van der Waals surface area contributed by atoms with E-state index in [9.17, 15) is 14.4 Å². The van der Waals surface area contributed by atoms with Crippen molar-refractivity contribution in [3.05, 3.63) is 83.3 Å². The predicted octanol–water partition coefficient (Wildman–Crippen LogP) is 5.26. The monoisotopic (exact) mass is 591 g/mol. The standard InChI is InChI=1S/C34H41NO8/c1-23(2)29-22-42-34(39)35(29)33(38)28(20-25-10-5-4-6-11-25)32(37)31-21-27(26-12-7-9-24(3)19-26)30(43-31)13-8-15-40-17-18-41-16-14-36/h4-7,9-12,19,21,23,28-29,36H,8,13-18,20,22H2,1-3H3. The van der Waals surface area contributed by atoms with E-state index >= 15 is 0 Å². The van der Waals surface area contributed by atoms with Crippen LogP contribution < -0.4 is 0 Å². The van der Waals surface area contributed by atoms with Gasteiger partial charge in [-0.25, -0.2) is 9.69 Å². The lowest BCUT2D eigenvalue weighted by atomic mass is 9.91. The molecule has 2 heterocycles. The largest absolute Gasteiger partial charge is 0.457 e. The van der Waals surface area contributed by atoms with Crippen LogP contribution in [0.25, 0.3) is 11.1 Å². The van der Waals surface area contributed by atoms with Gasteiger partial charge in [0.2, 0.25) is 11.7 Å². The van der Waals surface area contributed by atoms with Crippen LogP contribution in [0.1, 0.15) is 47.7 Å². The van der Waals surface area contributed by atoms with Gasteiger partial charge in [0.25, 0.3) is 0 Å². The summed E-state index contributed by atoms with van der Waals surface area (Å²) in [6.45, 7) is 7.45. The van der Waals surface area contributed by atoms with Crippen molar-refractivity contribution in [3.63, 3.8) is 0 Å². The average molecular weight is 592 g/mol. The number of furan rings is 1. The summed E-state index contributed by atoms with van der Waals surface area (Å²) in [4.78, 5) is 41.9. The zero-order valence-corrected chi connectivity index (χ0v) is 25.1. The van der Waals surface area contributed by atoms with Gasteiger partial charge in [0.1, 0.15) is 18.3 Å². The van der Waals surface area contributed by atoms with Crippen molar-refractivity contribution in [2.75, 3.05) is 39.6 Å². The Morgan fingerprint density at radius 2 is 1.74 bits per heavy atom. The van der Waals surface area contributed by atoms with Crippen LogP contribution in [0.3, 0.4) is 0 Å². The summed E-state index contributed by atoms with van der Waals surface area (Å²) in [6, 6.07) is 18.5. The number of ether oxygens (including phenoxy) is 3. The lowest BCUT2D eigenvalue weighted by molar-refractivity contribution is -0.132. The summed E-state index contributed by atoms with van der Waals surface area (Å²) < 4.78 is 22.3. The van der Waals surface area contributed by atoms with Gasteiger partial charge in [0, 0.05) is 18.6 Å². The van der Waals surface area contributed by atoms with Crippen molar-refractivity contribution in [1.29, 1.82) is 0 Å². The number of imide groups is 1. The highest BCUT2D eigenvalue weighted by molar-refractivity contribution is 6.12. The van der Waals surface area contributed by atoms with Crippen LogP contribution >= 0.6 is 0 Å². The SMILES string of the molecule is Cc1cccc(-c2cc(C(=O)C(Cc3ccccc3)C(=O)N3C(=O)OCC3C(C)C)oc2CCCOCCOCCO)c1. The molecule has 0 saturated carbocycles. The van der Waals surface area contributed by atoms with Crippen LogP contribution in [0.4, 0.5) is 4.79 Å². The molecule has 1 fully saturated rings. The van der Waals surface area contributed by atoms with Crippen molar-refractivity contribution in [1.82, 2.24) is 4.90 Å². The predicted molar refractivity (Wildman–Crippen MR) is 161 cm³/mol. The molecule has 2 aromatic carbocycles. The van der Waals surface area contributed by atoms with Crippen molar-refractivity contribution < 1.29 is 38.1 Å². The second-order valence-electron chi connectivity index (χ2n) is 11.1. The van der Waals surface area contributed by atoms with Gasteiger partial charge in [-0.05, 0) is 42.9 Å². The Morgan fingerprint density at radius 3 is 2.44 bits per heavy atom. The van der Waals surface area contributed by atoms with E-state index in [1.54, 1.807) is 6.07 Å². The molecule has 230 valence electrons. The molecular weight excluding hydrogens is 550 g/mol. The molecule has 1 aliphatic heterocycles. The summed E-state index contributed by atoms with van der Waals surface area (Å²) >= 11 is 0. The number of hydrogen-bond donors (Lipinski definition) is 1. The third-order valence-electron chi connectivity index (χ3n) is 7.49. The van der Waals surface area contributed by atoms with Crippen LogP contribution in [0.15, 0.2) is 65.1 Å². The van der Waals surface area contributed by atoms with E-state index in [2.05, 4.69) is 0 Å². The molecule has 1 saturated heterocycles. The minimum atomic E-state index is -1.17. The van der Waals surface area contributed by atoms with Gasteiger partial charge >= 0.3 is 6.09 Å². The number of aryl methyl sites for hydroxylation is 2. The molecule has 1 N–H and O–H groups in total. The first kappa shape index (κ1) is 32.1. The number of carbonyl (C=O) groups excluding carboxylic acids is 3. The number of Topliss-reactive ketones (excluding diaryl/α,β-unsaturated/α-hetero) is 1. The minimum Gasteiger partial charge on any atom is -0.457 e. The Balaban J connectivity index is 1.61. The van der Waals surface area contributed by atoms with Crippen LogP contribution in [-0.4, -0.2) is 73.5 Å². The van der Waals surface area contributed by atoms with Gasteiger partial charge in [0.05, 0.1) is 32.5 Å².